The summed E-state index contributed by atoms with van der Waals surface area (Å²) >= 11 is 1.71. The Hall–Kier alpha value is -2.55. The summed E-state index contributed by atoms with van der Waals surface area (Å²) < 4.78 is 19.0. The summed E-state index contributed by atoms with van der Waals surface area (Å²) in [6.07, 6.45) is 0. The monoisotopic (exact) mass is 440 g/mol. The fourth-order valence-corrected chi connectivity index (χ4v) is 4.42. The highest BCUT2D eigenvalue weighted by molar-refractivity contribution is 7.99. The van der Waals surface area contributed by atoms with Crippen LogP contribution in [-0.4, -0.2) is 65.4 Å². The van der Waals surface area contributed by atoms with Gasteiger partial charge in [-0.15, -0.1) is 10.2 Å². The Balaban J connectivity index is 1.53. The number of para-hydroxylation sites is 1. The minimum atomic E-state index is 0.332. The molecule has 0 spiro atoms. The van der Waals surface area contributed by atoms with Crippen LogP contribution in [0.15, 0.2) is 53.7 Å². The molecule has 3 aromatic rings. The Morgan fingerprint density at radius 3 is 2.71 bits per heavy atom. The zero-order valence-electron chi connectivity index (χ0n) is 18.0. The van der Waals surface area contributed by atoms with Gasteiger partial charge in [-0.05, 0) is 30.7 Å². The number of morpholine rings is 1. The molecule has 1 aromatic heterocycles. The summed E-state index contributed by atoms with van der Waals surface area (Å²) in [6.45, 7) is 6.95. The van der Waals surface area contributed by atoms with Crippen molar-refractivity contribution in [2.24, 2.45) is 0 Å². The molecule has 0 atom stereocenters. The number of aromatic nitrogens is 3. The van der Waals surface area contributed by atoms with Gasteiger partial charge in [0.1, 0.15) is 18.1 Å². The van der Waals surface area contributed by atoms with Crippen molar-refractivity contribution in [3.63, 3.8) is 0 Å². The Bertz CT molecular complexity index is 988. The van der Waals surface area contributed by atoms with Crippen LogP contribution in [0.5, 0.6) is 11.5 Å². The molecule has 0 aliphatic carbocycles. The summed E-state index contributed by atoms with van der Waals surface area (Å²) in [5.74, 6) is 3.33. The largest absolute Gasteiger partial charge is 0.497 e. The van der Waals surface area contributed by atoms with Crippen LogP contribution in [0, 0.1) is 6.92 Å². The van der Waals surface area contributed by atoms with Crippen LogP contribution in [0.1, 0.15) is 11.4 Å². The third kappa shape index (κ3) is 5.58. The van der Waals surface area contributed by atoms with Gasteiger partial charge in [0.2, 0.25) is 0 Å². The van der Waals surface area contributed by atoms with Gasteiger partial charge in [-0.3, -0.25) is 9.47 Å². The van der Waals surface area contributed by atoms with Crippen LogP contribution in [0.2, 0.25) is 0 Å². The Labute approximate surface area is 187 Å². The van der Waals surface area contributed by atoms with Gasteiger partial charge in [-0.2, -0.15) is 0 Å². The zero-order valence-corrected chi connectivity index (χ0v) is 18.8. The molecule has 31 heavy (non-hydrogen) atoms. The Morgan fingerprint density at radius 1 is 1.06 bits per heavy atom. The fourth-order valence-electron chi connectivity index (χ4n) is 3.45. The van der Waals surface area contributed by atoms with Crippen molar-refractivity contribution < 1.29 is 14.2 Å². The zero-order chi connectivity index (χ0) is 21.5. The van der Waals surface area contributed by atoms with E-state index in [9.17, 15) is 0 Å². The number of aryl methyl sites for hydroxylation is 1. The predicted molar refractivity (Wildman–Crippen MR) is 121 cm³/mol. The minimum absolute atomic E-state index is 0.332. The van der Waals surface area contributed by atoms with Gasteiger partial charge in [-0.1, -0.05) is 36.0 Å². The number of hydrogen-bond acceptors (Lipinski definition) is 7. The van der Waals surface area contributed by atoms with E-state index in [0.29, 0.717) is 6.61 Å². The molecular formula is C23H28N4O3S. The fraction of sp³-hybridized carbons (Fsp3) is 0.391. The molecule has 0 radical (unpaired) electrons. The smallest absolute Gasteiger partial charge is 0.195 e. The van der Waals surface area contributed by atoms with Crippen molar-refractivity contribution >= 4 is 11.8 Å². The number of nitrogens with zero attached hydrogens (tertiary/aromatic N) is 4. The van der Waals surface area contributed by atoms with E-state index in [1.54, 1.807) is 18.9 Å². The molecule has 2 heterocycles. The number of methoxy groups -OCH3 is 1. The molecular weight excluding hydrogens is 412 g/mol. The second-order valence-corrected chi connectivity index (χ2v) is 8.35. The lowest BCUT2D eigenvalue weighted by Crippen LogP contribution is -2.37. The van der Waals surface area contributed by atoms with Gasteiger partial charge < -0.3 is 14.2 Å². The van der Waals surface area contributed by atoms with Gasteiger partial charge in [0.15, 0.2) is 11.0 Å². The van der Waals surface area contributed by atoms with E-state index in [4.69, 9.17) is 14.2 Å². The summed E-state index contributed by atoms with van der Waals surface area (Å²) in [5.41, 5.74) is 2.05. The van der Waals surface area contributed by atoms with Gasteiger partial charge >= 0.3 is 0 Å². The maximum atomic E-state index is 6.07. The lowest BCUT2D eigenvalue weighted by molar-refractivity contribution is 0.0410. The summed E-state index contributed by atoms with van der Waals surface area (Å²) in [4.78, 5) is 2.42. The van der Waals surface area contributed by atoms with Gasteiger partial charge in [0.05, 0.1) is 26.0 Å². The molecule has 7 nitrogen and oxygen atoms in total. The average molecular weight is 441 g/mol. The normalized spacial score (nSPS) is 14.5. The quantitative estimate of drug-likeness (QED) is 0.471. The van der Waals surface area contributed by atoms with Crippen LogP contribution in [0.3, 0.4) is 0 Å². The van der Waals surface area contributed by atoms with Gasteiger partial charge in [0.25, 0.3) is 0 Å². The van der Waals surface area contributed by atoms with Crippen LogP contribution in [-0.2, 0) is 11.3 Å². The summed E-state index contributed by atoms with van der Waals surface area (Å²) in [7, 11) is 1.67. The standard InChI is InChI=1S/C23H28N4O3S/c1-18-6-3-4-9-21(18)30-17-22-24-25-23(31-15-12-26-10-13-29-14-11-26)27(22)19-7-5-8-20(16-19)28-2/h3-9,16H,10-15,17H2,1-2H3. The van der Waals surface area contributed by atoms with E-state index in [0.717, 1.165) is 72.3 Å². The lowest BCUT2D eigenvalue weighted by atomic mass is 10.2. The molecule has 1 saturated heterocycles. The Kier molecular flexibility index (Phi) is 7.45. The third-order valence-electron chi connectivity index (χ3n) is 5.20. The SMILES string of the molecule is COc1cccc(-n2c(COc3ccccc3C)nnc2SCCN2CCOCC2)c1. The first-order chi connectivity index (χ1) is 15.2. The summed E-state index contributed by atoms with van der Waals surface area (Å²) in [6, 6.07) is 15.9. The molecule has 2 aromatic carbocycles. The maximum Gasteiger partial charge on any atom is 0.195 e. The summed E-state index contributed by atoms with van der Waals surface area (Å²) in [5, 5.41) is 9.78. The van der Waals surface area contributed by atoms with Crippen molar-refractivity contribution in [3.8, 4) is 17.2 Å². The van der Waals surface area contributed by atoms with Crippen LogP contribution < -0.4 is 9.47 Å². The Morgan fingerprint density at radius 2 is 1.90 bits per heavy atom. The molecule has 1 aliphatic heterocycles. The van der Waals surface area contributed by atoms with E-state index >= 15 is 0 Å². The van der Waals surface area contributed by atoms with Gasteiger partial charge in [-0.25, -0.2) is 0 Å². The molecule has 1 fully saturated rings. The van der Waals surface area contributed by atoms with Gasteiger partial charge in [0, 0.05) is 31.5 Å². The molecule has 1 aliphatic rings. The van der Waals surface area contributed by atoms with Crippen molar-refractivity contribution in [1.82, 2.24) is 19.7 Å². The topological polar surface area (TPSA) is 61.6 Å². The van der Waals surface area contributed by atoms with Crippen LogP contribution in [0.4, 0.5) is 0 Å². The van der Waals surface area contributed by atoms with Crippen LogP contribution >= 0.6 is 11.8 Å². The highest BCUT2D eigenvalue weighted by Crippen LogP contribution is 2.26. The van der Waals surface area contributed by atoms with E-state index < -0.39 is 0 Å². The minimum Gasteiger partial charge on any atom is -0.497 e. The number of rotatable bonds is 9. The van der Waals surface area contributed by atoms with Crippen LogP contribution in [0.25, 0.3) is 5.69 Å². The number of ether oxygens (including phenoxy) is 3. The van der Waals surface area contributed by atoms with E-state index in [1.165, 1.54) is 0 Å². The molecule has 0 saturated carbocycles. The maximum absolute atomic E-state index is 6.07. The van der Waals surface area contributed by atoms with E-state index in [-0.39, 0.29) is 0 Å². The average Bonchev–Trinajstić information content (AvgIpc) is 3.22. The highest BCUT2D eigenvalue weighted by Gasteiger charge is 2.17. The van der Waals surface area contributed by atoms with E-state index in [2.05, 4.69) is 19.7 Å². The molecule has 0 N–H and O–H groups in total. The molecule has 4 rings (SSSR count). The number of benzene rings is 2. The van der Waals surface area contributed by atoms with E-state index in [1.807, 2.05) is 55.5 Å². The molecule has 8 heteroatoms. The van der Waals surface area contributed by atoms with Crippen molar-refractivity contribution in [3.05, 3.63) is 59.9 Å². The first-order valence-electron chi connectivity index (χ1n) is 10.4. The molecule has 0 bridgehead atoms. The third-order valence-corrected chi connectivity index (χ3v) is 6.11. The first kappa shape index (κ1) is 21.7. The highest BCUT2D eigenvalue weighted by atomic mass is 32.2. The van der Waals surface area contributed by atoms with Crippen molar-refractivity contribution in [2.75, 3.05) is 45.7 Å². The number of thioether (sulfide) groups is 1. The lowest BCUT2D eigenvalue weighted by Gasteiger charge is -2.26. The first-order valence-corrected chi connectivity index (χ1v) is 11.4. The van der Waals surface area contributed by atoms with Crippen molar-refractivity contribution in [1.29, 1.82) is 0 Å². The number of hydrogen-bond donors (Lipinski definition) is 0. The second kappa shape index (κ2) is 10.7. The molecule has 0 amide bonds. The predicted octanol–water partition coefficient (Wildman–Crippen LogP) is 3.59. The van der Waals surface area contributed by atoms with Crippen molar-refractivity contribution in [2.45, 2.75) is 18.7 Å². The second-order valence-electron chi connectivity index (χ2n) is 7.29. The molecule has 0 unspecified atom stereocenters. The molecule has 164 valence electrons.